The third-order valence-electron chi connectivity index (χ3n) is 4.96. The predicted octanol–water partition coefficient (Wildman–Crippen LogP) is 2.84. The Morgan fingerprint density at radius 3 is 2.52 bits per heavy atom. The van der Waals surface area contributed by atoms with Gasteiger partial charge in [0.25, 0.3) is 15.9 Å². The van der Waals surface area contributed by atoms with E-state index in [1.54, 1.807) is 38.4 Å². The van der Waals surface area contributed by atoms with Gasteiger partial charge in [-0.05, 0) is 55.8 Å². The molecule has 0 saturated heterocycles. The number of sulfonamides is 1. The van der Waals surface area contributed by atoms with Crippen LogP contribution in [0.2, 0.25) is 0 Å². The summed E-state index contributed by atoms with van der Waals surface area (Å²) in [6.07, 6.45) is 0.630. The first-order chi connectivity index (χ1) is 15.7. The molecule has 3 rings (SSSR count). The number of aromatic amines is 1. The maximum Gasteiger partial charge on any atom is 0.261 e. The largest absolute Gasteiger partial charge is 0.494 e. The van der Waals surface area contributed by atoms with Crippen LogP contribution in [-0.2, 0) is 14.8 Å². The van der Waals surface area contributed by atoms with Crippen molar-refractivity contribution < 1.29 is 22.7 Å². The Morgan fingerprint density at radius 1 is 1.12 bits per heavy atom. The van der Waals surface area contributed by atoms with Gasteiger partial charge in [-0.3, -0.25) is 14.3 Å². The summed E-state index contributed by atoms with van der Waals surface area (Å²) in [5.41, 5.74) is 0.427. The first kappa shape index (κ1) is 24.3. The highest BCUT2D eigenvalue weighted by atomic mass is 32.2. The van der Waals surface area contributed by atoms with Gasteiger partial charge >= 0.3 is 0 Å². The molecule has 176 valence electrons. The van der Waals surface area contributed by atoms with E-state index in [1.807, 2.05) is 6.92 Å². The molecule has 9 nitrogen and oxygen atoms in total. The van der Waals surface area contributed by atoms with Gasteiger partial charge in [-0.2, -0.15) is 0 Å². The van der Waals surface area contributed by atoms with Gasteiger partial charge in [0.1, 0.15) is 5.75 Å². The number of anilines is 1. The van der Waals surface area contributed by atoms with Gasteiger partial charge in [0.05, 0.1) is 17.1 Å². The summed E-state index contributed by atoms with van der Waals surface area (Å²) in [5, 5.41) is 0.341. The van der Waals surface area contributed by atoms with Gasteiger partial charge in [0.15, 0.2) is 0 Å². The summed E-state index contributed by atoms with van der Waals surface area (Å²) in [6, 6.07) is 12.0. The van der Waals surface area contributed by atoms with Gasteiger partial charge < -0.3 is 19.4 Å². The summed E-state index contributed by atoms with van der Waals surface area (Å²) < 4.78 is 38.9. The number of ether oxygens (including phenoxy) is 2. The van der Waals surface area contributed by atoms with Crippen LogP contribution in [0.15, 0.2) is 58.2 Å². The van der Waals surface area contributed by atoms with Crippen LogP contribution >= 0.6 is 0 Å². The Kier molecular flexibility index (Phi) is 7.72. The van der Waals surface area contributed by atoms with E-state index in [4.69, 9.17) is 9.47 Å². The van der Waals surface area contributed by atoms with Crippen LogP contribution in [0.4, 0.5) is 5.69 Å². The van der Waals surface area contributed by atoms with Gasteiger partial charge in [0.2, 0.25) is 5.56 Å². The topological polar surface area (TPSA) is 118 Å². The van der Waals surface area contributed by atoms with Crippen molar-refractivity contribution in [2.45, 2.75) is 18.2 Å². The zero-order valence-electron chi connectivity index (χ0n) is 18.8. The highest BCUT2D eigenvalue weighted by Gasteiger charge is 2.20. The molecule has 0 aliphatic carbocycles. The predicted molar refractivity (Wildman–Crippen MR) is 126 cm³/mol. The molecule has 3 aromatic rings. The molecule has 1 amide bonds. The van der Waals surface area contributed by atoms with Gasteiger partial charge in [-0.25, -0.2) is 8.42 Å². The lowest BCUT2D eigenvalue weighted by Gasteiger charge is -2.18. The average Bonchev–Trinajstić information content (AvgIpc) is 2.79. The minimum Gasteiger partial charge on any atom is -0.494 e. The Balaban J connectivity index is 1.94. The molecule has 2 aromatic carbocycles. The number of amides is 1. The molecule has 2 N–H and O–H groups in total. The lowest BCUT2D eigenvalue weighted by Crippen LogP contribution is -2.29. The highest BCUT2D eigenvalue weighted by molar-refractivity contribution is 7.92. The van der Waals surface area contributed by atoms with E-state index in [1.165, 1.54) is 29.2 Å². The van der Waals surface area contributed by atoms with Crippen LogP contribution in [-0.4, -0.2) is 58.1 Å². The number of aromatic nitrogens is 1. The van der Waals surface area contributed by atoms with E-state index < -0.39 is 15.6 Å². The van der Waals surface area contributed by atoms with Crippen molar-refractivity contribution in [3.63, 3.8) is 0 Å². The van der Waals surface area contributed by atoms with Crippen LogP contribution in [0.5, 0.6) is 5.75 Å². The maximum absolute atomic E-state index is 13.0. The number of H-pyrrole nitrogens is 1. The number of hydrogen-bond acceptors (Lipinski definition) is 6. The summed E-state index contributed by atoms with van der Waals surface area (Å²) in [7, 11) is -0.742. The van der Waals surface area contributed by atoms with Crippen molar-refractivity contribution in [2.75, 3.05) is 38.6 Å². The third-order valence-corrected chi connectivity index (χ3v) is 6.34. The van der Waals surface area contributed by atoms with E-state index in [9.17, 15) is 18.0 Å². The van der Waals surface area contributed by atoms with Gasteiger partial charge in [-0.15, -0.1) is 0 Å². The molecule has 0 saturated carbocycles. The number of carbonyl (C=O) groups is 1. The molecule has 0 radical (unpaired) electrons. The standard InChI is InChI=1S/C23H27N3O6S/c1-4-32-17-8-6-16(7-9-17)25-33(29,30)18-10-11-21-19(14-18)20(15-22(27)24-21)23(28)26(2)12-5-13-31-3/h6-11,14-15,25H,4-5,12-13H2,1-3H3,(H,24,27). The molecule has 0 spiro atoms. The molecule has 0 bridgehead atoms. The molecule has 0 aliphatic rings. The van der Waals surface area contributed by atoms with E-state index in [0.717, 1.165) is 0 Å². The van der Waals surface area contributed by atoms with Crippen molar-refractivity contribution in [3.05, 3.63) is 64.4 Å². The summed E-state index contributed by atoms with van der Waals surface area (Å²) in [6.45, 7) is 3.29. The van der Waals surface area contributed by atoms with E-state index in [-0.39, 0.29) is 16.4 Å². The molecule has 0 fully saturated rings. The minimum atomic E-state index is -3.94. The van der Waals surface area contributed by atoms with Gasteiger partial charge in [0, 0.05) is 50.0 Å². The smallest absolute Gasteiger partial charge is 0.261 e. The number of nitrogens with zero attached hydrogens (tertiary/aromatic N) is 1. The van der Waals surface area contributed by atoms with E-state index >= 15 is 0 Å². The Labute approximate surface area is 192 Å². The minimum absolute atomic E-state index is 0.0352. The molecule has 0 aliphatic heterocycles. The molecule has 1 heterocycles. The fourth-order valence-electron chi connectivity index (χ4n) is 3.33. The van der Waals surface area contributed by atoms with Crippen LogP contribution < -0.4 is 15.0 Å². The second-order valence-corrected chi connectivity index (χ2v) is 9.07. The van der Waals surface area contributed by atoms with Crippen molar-refractivity contribution in [3.8, 4) is 5.75 Å². The van der Waals surface area contributed by atoms with Crippen LogP contribution in [0.1, 0.15) is 23.7 Å². The molecule has 10 heteroatoms. The molecule has 1 aromatic heterocycles. The normalized spacial score (nSPS) is 11.4. The third kappa shape index (κ3) is 5.91. The van der Waals surface area contributed by atoms with Crippen molar-refractivity contribution >= 4 is 32.5 Å². The number of hydrogen-bond donors (Lipinski definition) is 2. The quantitative estimate of drug-likeness (QED) is 0.437. The SMILES string of the molecule is CCOc1ccc(NS(=O)(=O)c2ccc3[nH]c(=O)cc(C(=O)N(C)CCCOC)c3c2)cc1. The van der Waals surface area contributed by atoms with Crippen LogP contribution in [0, 0.1) is 0 Å². The highest BCUT2D eigenvalue weighted by Crippen LogP contribution is 2.24. The Hall–Kier alpha value is -3.37. The molecule has 33 heavy (non-hydrogen) atoms. The molecular formula is C23H27N3O6S. The first-order valence-corrected chi connectivity index (χ1v) is 11.9. The fourth-order valence-corrected chi connectivity index (χ4v) is 4.41. The molecular weight excluding hydrogens is 446 g/mol. The number of pyridine rings is 1. The van der Waals surface area contributed by atoms with Gasteiger partial charge in [-0.1, -0.05) is 0 Å². The van der Waals surface area contributed by atoms with E-state index in [0.29, 0.717) is 48.5 Å². The number of benzene rings is 2. The summed E-state index contributed by atoms with van der Waals surface area (Å²) >= 11 is 0. The van der Waals surface area contributed by atoms with Crippen molar-refractivity contribution in [1.29, 1.82) is 0 Å². The Bertz CT molecular complexity index is 1290. The first-order valence-electron chi connectivity index (χ1n) is 10.4. The lowest BCUT2D eigenvalue weighted by molar-refractivity contribution is 0.0781. The fraction of sp³-hybridized carbons (Fsp3) is 0.304. The number of methoxy groups -OCH3 is 1. The number of carbonyl (C=O) groups excluding carboxylic acids is 1. The van der Waals surface area contributed by atoms with Crippen molar-refractivity contribution in [2.24, 2.45) is 0 Å². The zero-order chi connectivity index (χ0) is 24.0. The van der Waals surface area contributed by atoms with E-state index in [2.05, 4.69) is 9.71 Å². The molecule has 0 unspecified atom stereocenters. The summed E-state index contributed by atoms with van der Waals surface area (Å²) in [4.78, 5) is 29.2. The second-order valence-electron chi connectivity index (χ2n) is 7.39. The Morgan fingerprint density at radius 2 is 1.85 bits per heavy atom. The average molecular weight is 474 g/mol. The monoisotopic (exact) mass is 473 g/mol. The van der Waals surface area contributed by atoms with Crippen LogP contribution in [0.25, 0.3) is 10.9 Å². The lowest BCUT2D eigenvalue weighted by atomic mass is 10.1. The zero-order valence-corrected chi connectivity index (χ0v) is 19.6. The summed E-state index contributed by atoms with van der Waals surface area (Å²) in [5.74, 6) is 0.254. The number of fused-ring (bicyclic) bond motifs is 1. The maximum atomic E-state index is 13.0. The van der Waals surface area contributed by atoms with Crippen molar-refractivity contribution in [1.82, 2.24) is 9.88 Å². The number of rotatable bonds is 10. The number of nitrogens with one attached hydrogen (secondary N) is 2. The second kappa shape index (κ2) is 10.5. The van der Waals surface area contributed by atoms with Crippen LogP contribution in [0.3, 0.4) is 0 Å². The molecule has 0 atom stereocenters.